The molecule has 1 unspecified atom stereocenters. The first kappa shape index (κ1) is 27.4. The highest BCUT2D eigenvalue weighted by molar-refractivity contribution is 5.67. The van der Waals surface area contributed by atoms with Gasteiger partial charge < -0.3 is 4.74 Å². The molecule has 0 spiro atoms. The molecule has 0 amide bonds. The molecule has 0 fully saturated rings. The Bertz CT molecular complexity index is 741. The Balaban J connectivity index is 1.75. The maximum atomic E-state index is 6.19. The first-order chi connectivity index (χ1) is 16.2. The molecule has 0 aliphatic rings. The van der Waals surface area contributed by atoms with Crippen molar-refractivity contribution in [3.05, 3.63) is 48.2 Å². The molecule has 184 valence electrons. The summed E-state index contributed by atoms with van der Waals surface area (Å²) in [5.74, 6) is 1.81. The number of aromatic nitrogens is 1. The van der Waals surface area contributed by atoms with Crippen LogP contribution in [-0.4, -0.2) is 11.6 Å². The van der Waals surface area contributed by atoms with Gasteiger partial charge in [-0.3, -0.25) is 4.98 Å². The lowest BCUT2D eigenvalue weighted by atomic mass is 10.0. The minimum atomic E-state index is 0.787. The van der Waals surface area contributed by atoms with E-state index in [1.807, 2.05) is 6.20 Å². The molecule has 2 aromatic rings. The van der Waals surface area contributed by atoms with Gasteiger partial charge in [0, 0.05) is 11.8 Å². The van der Waals surface area contributed by atoms with Crippen LogP contribution in [0.4, 0.5) is 0 Å². The van der Waals surface area contributed by atoms with Gasteiger partial charge in [0.25, 0.3) is 0 Å². The number of nitrogens with zero attached hydrogens (tertiary/aromatic N) is 1. The summed E-state index contributed by atoms with van der Waals surface area (Å²) in [6.07, 6.45) is 21.8. The van der Waals surface area contributed by atoms with Gasteiger partial charge in [0.2, 0.25) is 0 Å². The fourth-order valence-corrected chi connectivity index (χ4v) is 4.38. The van der Waals surface area contributed by atoms with E-state index >= 15 is 0 Å². The number of ether oxygens (including phenoxy) is 1. The first-order valence-electron chi connectivity index (χ1n) is 13.9. The van der Waals surface area contributed by atoms with Gasteiger partial charge in [-0.15, -0.1) is 0 Å². The standard InChI is InChI=1S/C31H49NO/c1-4-6-7-8-9-10-11-12-15-20-28-23-24-32-30(26-28)29-21-16-17-22-31(29)33-25-18-13-14-19-27(3)5-2/h16-17,21-24,26-27H,4-15,18-20,25H2,1-3H3. The fraction of sp³-hybridized carbons (Fsp3) is 0.645. The fourth-order valence-electron chi connectivity index (χ4n) is 4.38. The predicted molar refractivity (Wildman–Crippen MR) is 144 cm³/mol. The van der Waals surface area contributed by atoms with Crippen LogP contribution in [-0.2, 0) is 6.42 Å². The number of benzene rings is 1. The second kappa shape index (κ2) is 17.6. The van der Waals surface area contributed by atoms with E-state index in [1.165, 1.54) is 89.0 Å². The smallest absolute Gasteiger partial charge is 0.128 e. The van der Waals surface area contributed by atoms with Gasteiger partial charge >= 0.3 is 0 Å². The Morgan fingerprint density at radius 3 is 2.24 bits per heavy atom. The van der Waals surface area contributed by atoms with Gasteiger partial charge in [0.05, 0.1) is 12.3 Å². The van der Waals surface area contributed by atoms with Gasteiger partial charge in [-0.25, -0.2) is 0 Å². The monoisotopic (exact) mass is 451 g/mol. The van der Waals surface area contributed by atoms with Crippen LogP contribution in [0.2, 0.25) is 0 Å². The average molecular weight is 452 g/mol. The van der Waals surface area contributed by atoms with Crippen LogP contribution in [0.3, 0.4) is 0 Å². The summed E-state index contributed by atoms with van der Waals surface area (Å²) >= 11 is 0. The number of hydrogen-bond donors (Lipinski definition) is 0. The van der Waals surface area contributed by atoms with E-state index in [2.05, 4.69) is 62.2 Å². The largest absolute Gasteiger partial charge is 0.493 e. The molecule has 0 bridgehead atoms. The number of para-hydroxylation sites is 1. The Hall–Kier alpha value is -1.83. The zero-order chi connectivity index (χ0) is 23.6. The Morgan fingerprint density at radius 2 is 1.48 bits per heavy atom. The molecular formula is C31H49NO. The Morgan fingerprint density at radius 1 is 0.788 bits per heavy atom. The van der Waals surface area contributed by atoms with Crippen molar-refractivity contribution in [2.24, 2.45) is 5.92 Å². The van der Waals surface area contributed by atoms with Gasteiger partial charge in [0.15, 0.2) is 0 Å². The minimum absolute atomic E-state index is 0.787. The highest BCUT2D eigenvalue weighted by atomic mass is 16.5. The van der Waals surface area contributed by atoms with Crippen molar-refractivity contribution in [1.29, 1.82) is 0 Å². The highest BCUT2D eigenvalue weighted by Gasteiger charge is 2.08. The summed E-state index contributed by atoms with van der Waals surface area (Å²) in [6, 6.07) is 12.8. The summed E-state index contributed by atoms with van der Waals surface area (Å²) in [5, 5.41) is 0. The SMILES string of the molecule is CCCCCCCCCCCc1ccnc(-c2ccccc2OCCCCCC(C)CC)c1. The highest BCUT2D eigenvalue weighted by Crippen LogP contribution is 2.29. The lowest BCUT2D eigenvalue weighted by Crippen LogP contribution is -2.00. The van der Waals surface area contributed by atoms with E-state index in [1.54, 1.807) is 0 Å². The number of aryl methyl sites for hydroxylation is 1. The van der Waals surface area contributed by atoms with E-state index in [0.717, 1.165) is 42.4 Å². The third-order valence-electron chi connectivity index (χ3n) is 6.85. The van der Waals surface area contributed by atoms with Gasteiger partial charge in [-0.1, -0.05) is 110 Å². The van der Waals surface area contributed by atoms with Crippen molar-refractivity contribution in [3.8, 4) is 17.0 Å². The zero-order valence-corrected chi connectivity index (χ0v) is 21.8. The number of hydrogen-bond acceptors (Lipinski definition) is 2. The van der Waals surface area contributed by atoms with Crippen molar-refractivity contribution in [2.75, 3.05) is 6.61 Å². The minimum Gasteiger partial charge on any atom is -0.493 e. The van der Waals surface area contributed by atoms with Crippen molar-refractivity contribution in [1.82, 2.24) is 4.98 Å². The molecule has 1 atom stereocenters. The maximum absolute atomic E-state index is 6.19. The molecule has 0 saturated carbocycles. The van der Waals surface area contributed by atoms with Crippen LogP contribution in [0.1, 0.15) is 116 Å². The summed E-state index contributed by atoms with van der Waals surface area (Å²) < 4.78 is 6.19. The van der Waals surface area contributed by atoms with Crippen LogP contribution < -0.4 is 4.74 Å². The van der Waals surface area contributed by atoms with Crippen molar-refractivity contribution >= 4 is 0 Å². The molecule has 1 aromatic carbocycles. The number of pyridine rings is 1. The van der Waals surface area contributed by atoms with Crippen LogP contribution in [0.25, 0.3) is 11.3 Å². The molecule has 0 radical (unpaired) electrons. The van der Waals surface area contributed by atoms with Crippen molar-refractivity contribution in [3.63, 3.8) is 0 Å². The summed E-state index contributed by atoms with van der Waals surface area (Å²) in [7, 11) is 0. The predicted octanol–water partition coefficient (Wildman–Crippen LogP) is 9.81. The molecule has 0 N–H and O–H groups in total. The van der Waals surface area contributed by atoms with E-state index in [0.29, 0.717) is 0 Å². The third kappa shape index (κ3) is 11.7. The second-order valence-electron chi connectivity index (χ2n) is 9.84. The van der Waals surface area contributed by atoms with Crippen LogP contribution >= 0.6 is 0 Å². The van der Waals surface area contributed by atoms with E-state index in [9.17, 15) is 0 Å². The van der Waals surface area contributed by atoms with Crippen molar-refractivity contribution < 1.29 is 4.74 Å². The van der Waals surface area contributed by atoms with E-state index in [-0.39, 0.29) is 0 Å². The topological polar surface area (TPSA) is 22.1 Å². The molecule has 2 nitrogen and oxygen atoms in total. The number of rotatable bonds is 19. The first-order valence-corrected chi connectivity index (χ1v) is 13.9. The molecule has 1 heterocycles. The lowest BCUT2D eigenvalue weighted by Gasteiger charge is -2.12. The summed E-state index contributed by atoms with van der Waals surface area (Å²) in [5.41, 5.74) is 3.55. The molecule has 0 saturated heterocycles. The van der Waals surface area contributed by atoms with E-state index < -0.39 is 0 Å². The quantitative estimate of drug-likeness (QED) is 0.198. The maximum Gasteiger partial charge on any atom is 0.128 e. The van der Waals surface area contributed by atoms with Crippen LogP contribution in [0.15, 0.2) is 42.6 Å². The van der Waals surface area contributed by atoms with Crippen LogP contribution in [0, 0.1) is 5.92 Å². The third-order valence-corrected chi connectivity index (χ3v) is 6.85. The van der Waals surface area contributed by atoms with E-state index in [4.69, 9.17) is 4.74 Å². The van der Waals surface area contributed by atoms with Gasteiger partial charge in [0.1, 0.15) is 5.75 Å². The number of unbranched alkanes of at least 4 members (excludes halogenated alkanes) is 10. The zero-order valence-electron chi connectivity index (χ0n) is 21.8. The Kier molecular flexibility index (Phi) is 14.6. The molecule has 2 heteroatoms. The average Bonchev–Trinajstić information content (AvgIpc) is 2.85. The lowest BCUT2D eigenvalue weighted by molar-refractivity contribution is 0.303. The summed E-state index contributed by atoms with van der Waals surface area (Å²) in [4.78, 5) is 4.67. The second-order valence-corrected chi connectivity index (χ2v) is 9.84. The molecule has 0 aliphatic heterocycles. The van der Waals surface area contributed by atoms with Gasteiger partial charge in [-0.2, -0.15) is 0 Å². The normalized spacial score (nSPS) is 12.1. The van der Waals surface area contributed by atoms with Crippen molar-refractivity contribution in [2.45, 2.75) is 117 Å². The molecular weight excluding hydrogens is 402 g/mol. The molecule has 0 aliphatic carbocycles. The molecule has 1 aromatic heterocycles. The molecule has 2 rings (SSSR count). The van der Waals surface area contributed by atoms with Gasteiger partial charge in [-0.05, 0) is 55.0 Å². The Labute approximate surface area is 204 Å². The molecule has 33 heavy (non-hydrogen) atoms. The summed E-state index contributed by atoms with van der Waals surface area (Å²) in [6.45, 7) is 7.70. The van der Waals surface area contributed by atoms with Crippen LogP contribution in [0.5, 0.6) is 5.75 Å².